The summed E-state index contributed by atoms with van der Waals surface area (Å²) in [6.07, 6.45) is 7.79. The standard InChI is InChI=1S/C29H50O4S/c1-10-14-28(31,15-11-2)22-18-23(29(32,16-12-3)17-13-4)20-24(19-22)33-25(30)27(8,21-34-9)26(5,6)7/h18-20,31-32H,10-17,21H2,1-9H3. The summed E-state index contributed by atoms with van der Waals surface area (Å²) in [5.74, 6) is 0.777. The summed E-state index contributed by atoms with van der Waals surface area (Å²) in [5, 5.41) is 23.3. The first kappa shape index (κ1) is 31.0. The van der Waals surface area contributed by atoms with Gasteiger partial charge in [0.15, 0.2) is 0 Å². The van der Waals surface area contributed by atoms with E-state index in [1.54, 1.807) is 11.8 Å². The molecule has 0 saturated heterocycles. The Hall–Kier alpha value is -1.04. The third-order valence-corrected chi connectivity index (χ3v) is 8.25. The van der Waals surface area contributed by atoms with Crippen molar-refractivity contribution in [3.05, 3.63) is 29.3 Å². The minimum atomic E-state index is -1.02. The quantitative estimate of drug-likeness (QED) is 0.206. The molecule has 0 amide bonds. The normalized spacial score (nSPS) is 14.7. The lowest BCUT2D eigenvalue weighted by Crippen LogP contribution is -2.45. The molecule has 0 saturated carbocycles. The van der Waals surface area contributed by atoms with Gasteiger partial charge in [-0.3, -0.25) is 4.79 Å². The summed E-state index contributed by atoms with van der Waals surface area (Å²) in [6.45, 7) is 16.4. The van der Waals surface area contributed by atoms with Crippen LogP contribution in [0.25, 0.3) is 0 Å². The van der Waals surface area contributed by atoms with Gasteiger partial charge in [-0.05, 0) is 73.6 Å². The second-order valence-corrected chi connectivity index (χ2v) is 12.1. The van der Waals surface area contributed by atoms with Crippen molar-refractivity contribution in [1.29, 1.82) is 0 Å². The highest BCUT2D eigenvalue weighted by molar-refractivity contribution is 7.98. The monoisotopic (exact) mass is 494 g/mol. The van der Waals surface area contributed by atoms with E-state index >= 15 is 0 Å². The molecule has 0 radical (unpaired) electrons. The molecule has 0 bridgehead atoms. The third-order valence-electron chi connectivity index (χ3n) is 7.38. The lowest BCUT2D eigenvalue weighted by molar-refractivity contribution is -0.149. The van der Waals surface area contributed by atoms with Gasteiger partial charge in [-0.25, -0.2) is 0 Å². The van der Waals surface area contributed by atoms with Gasteiger partial charge in [0, 0.05) is 5.75 Å². The fourth-order valence-corrected chi connectivity index (χ4v) is 5.90. The minimum absolute atomic E-state index is 0.276. The number of hydrogen-bond acceptors (Lipinski definition) is 5. The van der Waals surface area contributed by atoms with Crippen molar-refractivity contribution in [3.8, 4) is 5.75 Å². The molecule has 0 aliphatic rings. The maximum atomic E-state index is 13.5. The zero-order valence-corrected chi connectivity index (χ0v) is 24.0. The highest BCUT2D eigenvalue weighted by atomic mass is 32.2. The number of benzene rings is 1. The summed E-state index contributed by atoms with van der Waals surface area (Å²) in [4.78, 5) is 13.5. The Kier molecular flexibility index (Phi) is 11.6. The Morgan fingerprint density at radius 3 is 1.47 bits per heavy atom. The highest BCUT2D eigenvalue weighted by Gasteiger charge is 2.46. The smallest absolute Gasteiger partial charge is 0.318 e. The van der Waals surface area contributed by atoms with Crippen LogP contribution in [0.5, 0.6) is 5.75 Å². The van der Waals surface area contributed by atoms with Gasteiger partial charge in [-0.15, -0.1) is 0 Å². The van der Waals surface area contributed by atoms with Crippen molar-refractivity contribution in [2.45, 2.75) is 118 Å². The SMILES string of the molecule is CCCC(O)(CCC)c1cc(OC(=O)C(C)(CSC)C(C)(C)C)cc(C(O)(CCC)CCC)c1. The second-order valence-electron chi connectivity index (χ2n) is 11.2. The summed E-state index contributed by atoms with van der Waals surface area (Å²) < 4.78 is 6.07. The lowest BCUT2D eigenvalue weighted by Gasteiger charge is -2.39. The molecule has 196 valence electrons. The van der Waals surface area contributed by atoms with Gasteiger partial charge >= 0.3 is 5.97 Å². The van der Waals surface area contributed by atoms with Gasteiger partial charge < -0.3 is 14.9 Å². The molecule has 0 aliphatic heterocycles. The van der Waals surface area contributed by atoms with Crippen molar-refractivity contribution >= 4 is 17.7 Å². The molecule has 1 aromatic carbocycles. The second kappa shape index (κ2) is 12.8. The Balaban J connectivity index is 3.69. The minimum Gasteiger partial charge on any atom is -0.426 e. The van der Waals surface area contributed by atoms with Crippen LogP contribution in [0.4, 0.5) is 0 Å². The molecule has 1 unspecified atom stereocenters. The Morgan fingerprint density at radius 2 is 1.18 bits per heavy atom. The van der Waals surface area contributed by atoms with Gasteiger partial charge in [0.05, 0.1) is 16.6 Å². The van der Waals surface area contributed by atoms with E-state index in [0.717, 1.165) is 36.8 Å². The molecule has 4 nitrogen and oxygen atoms in total. The number of thioether (sulfide) groups is 1. The van der Waals surface area contributed by atoms with Crippen molar-refractivity contribution in [3.63, 3.8) is 0 Å². The number of esters is 1. The van der Waals surface area contributed by atoms with Crippen LogP contribution in [-0.4, -0.2) is 28.2 Å². The molecule has 0 heterocycles. The molecule has 1 atom stereocenters. The van der Waals surface area contributed by atoms with Crippen LogP contribution in [-0.2, 0) is 16.0 Å². The van der Waals surface area contributed by atoms with E-state index in [9.17, 15) is 15.0 Å². The van der Waals surface area contributed by atoms with Gasteiger partial charge in [-0.2, -0.15) is 11.8 Å². The highest BCUT2D eigenvalue weighted by Crippen LogP contribution is 2.43. The maximum absolute atomic E-state index is 13.5. The number of ether oxygens (including phenoxy) is 1. The Bertz CT molecular complexity index is 731. The van der Waals surface area contributed by atoms with E-state index in [0.29, 0.717) is 37.2 Å². The predicted octanol–water partition coefficient (Wildman–Crippen LogP) is 7.58. The van der Waals surface area contributed by atoms with Crippen LogP contribution in [0.2, 0.25) is 0 Å². The molecular weight excluding hydrogens is 444 g/mol. The van der Waals surface area contributed by atoms with Gasteiger partial charge in [0.2, 0.25) is 0 Å². The molecule has 1 rings (SSSR count). The van der Waals surface area contributed by atoms with E-state index in [1.165, 1.54) is 0 Å². The molecule has 0 fully saturated rings. The van der Waals surface area contributed by atoms with Gasteiger partial charge in [-0.1, -0.05) is 74.1 Å². The topological polar surface area (TPSA) is 66.8 Å². The third kappa shape index (κ3) is 7.24. The molecule has 34 heavy (non-hydrogen) atoms. The van der Waals surface area contributed by atoms with Crippen molar-refractivity contribution in [2.24, 2.45) is 10.8 Å². The molecule has 0 spiro atoms. The van der Waals surface area contributed by atoms with Crippen LogP contribution in [0.3, 0.4) is 0 Å². The first-order valence-corrected chi connectivity index (χ1v) is 14.5. The average molecular weight is 495 g/mol. The van der Waals surface area contributed by atoms with E-state index in [-0.39, 0.29) is 11.4 Å². The number of rotatable bonds is 14. The summed E-state index contributed by atoms with van der Waals surface area (Å²) in [6, 6.07) is 5.57. The summed E-state index contributed by atoms with van der Waals surface area (Å²) in [5.41, 5.74) is -1.56. The molecule has 0 aromatic heterocycles. The zero-order valence-electron chi connectivity index (χ0n) is 23.2. The predicted molar refractivity (Wildman–Crippen MR) is 145 cm³/mol. The van der Waals surface area contributed by atoms with Crippen LogP contribution in [0, 0.1) is 10.8 Å². The van der Waals surface area contributed by atoms with E-state index in [2.05, 4.69) is 48.5 Å². The van der Waals surface area contributed by atoms with Crippen molar-refractivity contribution < 1.29 is 19.7 Å². The first-order valence-electron chi connectivity index (χ1n) is 13.1. The largest absolute Gasteiger partial charge is 0.426 e. The lowest BCUT2D eigenvalue weighted by atomic mass is 9.69. The number of carbonyl (C=O) groups is 1. The van der Waals surface area contributed by atoms with E-state index < -0.39 is 16.6 Å². The van der Waals surface area contributed by atoms with Crippen LogP contribution >= 0.6 is 11.8 Å². The van der Waals surface area contributed by atoms with Crippen LogP contribution < -0.4 is 4.74 Å². The number of aliphatic hydroxyl groups is 2. The Labute approximate surface area is 213 Å². The van der Waals surface area contributed by atoms with E-state index in [4.69, 9.17) is 4.74 Å². The first-order chi connectivity index (χ1) is 15.8. The summed E-state index contributed by atoms with van der Waals surface area (Å²) in [7, 11) is 0. The number of hydrogen-bond donors (Lipinski definition) is 2. The van der Waals surface area contributed by atoms with Crippen LogP contribution in [0.1, 0.15) is 118 Å². The fourth-order valence-electron chi connectivity index (χ4n) is 4.77. The summed E-state index contributed by atoms with van der Waals surface area (Å²) >= 11 is 1.63. The molecule has 1 aromatic rings. The van der Waals surface area contributed by atoms with E-state index in [1.807, 2.05) is 31.4 Å². The molecule has 5 heteroatoms. The van der Waals surface area contributed by atoms with Crippen molar-refractivity contribution in [2.75, 3.05) is 12.0 Å². The van der Waals surface area contributed by atoms with Gasteiger partial charge in [0.25, 0.3) is 0 Å². The molecule has 2 N–H and O–H groups in total. The van der Waals surface area contributed by atoms with Gasteiger partial charge in [0.1, 0.15) is 5.75 Å². The van der Waals surface area contributed by atoms with Crippen LogP contribution in [0.15, 0.2) is 18.2 Å². The van der Waals surface area contributed by atoms with Crippen molar-refractivity contribution in [1.82, 2.24) is 0 Å². The fraction of sp³-hybridized carbons (Fsp3) is 0.759. The Morgan fingerprint density at radius 1 is 0.794 bits per heavy atom. The zero-order chi connectivity index (χ0) is 26.2. The molecular formula is C29H50O4S. The number of carbonyl (C=O) groups excluding carboxylic acids is 1. The molecule has 0 aliphatic carbocycles. The maximum Gasteiger partial charge on any atom is 0.318 e. The average Bonchev–Trinajstić information content (AvgIpc) is 2.73.